The van der Waals surface area contributed by atoms with Crippen molar-refractivity contribution < 1.29 is 4.74 Å². The molecule has 0 aliphatic heterocycles. The van der Waals surface area contributed by atoms with Crippen molar-refractivity contribution in [3.63, 3.8) is 0 Å². The number of ether oxygens (including phenoxy) is 1. The van der Waals surface area contributed by atoms with Crippen molar-refractivity contribution in [2.45, 2.75) is 44.8 Å². The van der Waals surface area contributed by atoms with Gasteiger partial charge in [0.2, 0.25) is 0 Å². The van der Waals surface area contributed by atoms with Crippen molar-refractivity contribution in [1.29, 1.82) is 0 Å². The lowest BCUT2D eigenvalue weighted by Gasteiger charge is -2.28. The van der Waals surface area contributed by atoms with E-state index in [1.54, 1.807) is 7.11 Å². The van der Waals surface area contributed by atoms with E-state index in [9.17, 15) is 0 Å². The number of methoxy groups -OCH3 is 1. The van der Waals surface area contributed by atoms with Crippen LogP contribution in [-0.4, -0.2) is 31.8 Å². The Labute approximate surface area is 87.4 Å². The van der Waals surface area contributed by atoms with Crippen LogP contribution in [0, 0.1) is 5.92 Å². The maximum atomic E-state index is 5.72. The van der Waals surface area contributed by atoms with E-state index in [2.05, 4.69) is 19.2 Å². The standard InChI is InChI=1S/C11H24N2O/c1-11(2,14-3)6-10(7-12)13-8-9-4-5-9/h9-10,13H,4-8,12H2,1-3H3. The zero-order valence-corrected chi connectivity index (χ0v) is 9.68. The average Bonchev–Trinajstić information content (AvgIpc) is 2.95. The van der Waals surface area contributed by atoms with E-state index < -0.39 is 0 Å². The number of rotatable bonds is 7. The molecule has 0 saturated heterocycles. The van der Waals surface area contributed by atoms with E-state index in [-0.39, 0.29) is 5.60 Å². The molecule has 1 saturated carbocycles. The molecule has 1 unspecified atom stereocenters. The number of hydrogen-bond acceptors (Lipinski definition) is 3. The predicted molar refractivity (Wildman–Crippen MR) is 59.3 cm³/mol. The minimum absolute atomic E-state index is 0.0689. The summed E-state index contributed by atoms with van der Waals surface area (Å²) in [7, 11) is 1.76. The Morgan fingerprint density at radius 2 is 2.14 bits per heavy atom. The molecule has 0 radical (unpaired) electrons. The van der Waals surface area contributed by atoms with Gasteiger partial charge in [0, 0.05) is 19.7 Å². The molecular weight excluding hydrogens is 176 g/mol. The monoisotopic (exact) mass is 200 g/mol. The summed E-state index contributed by atoms with van der Waals surface area (Å²) in [4.78, 5) is 0. The summed E-state index contributed by atoms with van der Waals surface area (Å²) >= 11 is 0. The summed E-state index contributed by atoms with van der Waals surface area (Å²) in [5.74, 6) is 0.912. The zero-order chi connectivity index (χ0) is 10.6. The Kier molecular flexibility index (Phi) is 4.35. The molecule has 0 heterocycles. The largest absolute Gasteiger partial charge is 0.379 e. The maximum absolute atomic E-state index is 5.72. The van der Waals surface area contributed by atoms with Gasteiger partial charge in [0.25, 0.3) is 0 Å². The first-order valence-corrected chi connectivity index (χ1v) is 5.56. The van der Waals surface area contributed by atoms with Crippen LogP contribution in [0.25, 0.3) is 0 Å². The zero-order valence-electron chi connectivity index (χ0n) is 9.68. The molecule has 0 bridgehead atoms. The lowest BCUT2D eigenvalue weighted by atomic mass is 9.98. The van der Waals surface area contributed by atoms with Crippen molar-refractivity contribution in [2.24, 2.45) is 11.7 Å². The maximum Gasteiger partial charge on any atom is 0.0638 e. The fourth-order valence-electron chi connectivity index (χ4n) is 1.57. The first-order valence-electron chi connectivity index (χ1n) is 5.56. The van der Waals surface area contributed by atoms with Gasteiger partial charge in [-0.1, -0.05) is 0 Å². The van der Waals surface area contributed by atoms with Crippen LogP contribution in [0.2, 0.25) is 0 Å². The van der Waals surface area contributed by atoms with E-state index in [4.69, 9.17) is 10.5 Å². The molecule has 3 N–H and O–H groups in total. The fraction of sp³-hybridized carbons (Fsp3) is 1.00. The second-order valence-electron chi connectivity index (χ2n) is 4.95. The summed E-state index contributed by atoms with van der Waals surface area (Å²) in [6.07, 6.45) is 3.75. The lowest BCUT2D eigenvalue weighted by molar-refractivity contribution is 0.00773. The molecule has 84 valence electrons. The van der Waals surface area contributed by atoms with Gasteiger partial charge in [-0.3, -0.25) is 0 Å². The third-order valence-corrected chi connectivity index (χ3v) is 2.97. The van der Waals surface area contributed by atoms with E-state index >= 15 is 0 Å². The normalized spacial score (nSPS) is 19.7. The molecular formula is C11H24N2O. The highest BCUT2D eigenvalue weighted by atomic mass is 16.5. The third kappa shape index (κ3) is 4.40. The molecule has 0 aromatic carbocycles. The van der Waals surface area contributed by atoms with Crippen molar-refractivity contribution in [3.8, 4) is 0 Å². The average molecular weight is 200 g/mol. The van der Waals surface area contributed by atoms with Gasteiger partial charge >= 0.3 is 0 Å². The van der Waals surface area contributed by atoms with Crippen molar-refractivity contribution >= 4 is 0 Å². The van der Waals surface area contributed by atoms with Gasteiger partial charge in [0.05, 0.1) is 5.60 Å². The fourth-order valence-corrected chi connectivity index (χ4v) is 1.57. The lowest BCUT2D eigenvalue weighted by Crippen LogP contribution is -2.43. The Hall–Kier alpha value is -0.120. The first-order chi connectivity index (χ1) is 6.57. The number of nitrogens with one attached hydrogen (secondary N) is 1. The molecule has 14 heavy (non-hydrogen) atoms. The molecule has 1 aliphatic rings. The van der Waals surface area contributed by atoms with Crippen LogP contribution >= 0.6 is 0 Å². The summed E-state index contributed by atoms with van der Waals surface area (Å²) in [6.45, 7) is 6.03. The molecule has 0 aromatic heterocycles. The van der Waals surface area contributed by atoms with Gasteiger partial charge in [-0.2, -0.15) is 0 Å². The van der Waals surface area contributed by atoms with Crippen molar-refractivity contribution in [2.75, 3.05) is 20.2 Å². The van der Waals surface area contributed by atoms with Crippen LogP contribution in [0.4, 0.5) is 0 Å². The summed E-state index contributed by atoms with van der Waals surface area (Å²) in [5, 5.41) is 3.52. The highest BCUT2D eigenvalue weighted by Crippen LogP contribution is 2.28. The topological polar surface area (TPSA) is 47.3 Å². The Bertz CT molecular complexity index is 167. The van der Waals surface area contributed by atoms with Crippen LogP contribution in [0.5, 0.6) is 0 Å². The quantitative estimate of drug-likeness (QED) is 0.647. The van der Waals surface area contributed by atoms with E-state index in [1.165, 1.54) is 12.8 Å². The van der Waals surface area contributed by atoms with Crippen LogP contribution in [0.15, 0.2) is 0 Å². The van der Waals surface area contributed by atoms with E-state index in [0.717, 1.165) is 18.9 Å². The van der Waals surface area contributed by atoms with E-state index in [0.29, 0.717) is 12.6 Å². The molecule has 3 heteroatoms. The minimum atomic E-state index is -0.0689. The van der Waals surface area contributed by atoms with Gasteiger partial charge in [0.15, 0.2) is 0 Å². The molecule has 3 nitrogen and oxygen atoms in total. The summed E-state index contributed by atoms with van der Waals surface area (Å²) in [6, 6.07) is 0.394. The molecule has 1 atom stereocenters. The van der Waals surface area contributed by atoms with Gasteiger partial charge in [-0.15, -0.1) is 0 Å². The Morgan fingerprint density at radius 3 is 2.57 bits per heavy atom. The second-order valence-corrected chi connectivity index (χ2v) is 4.95. The molecule has 1 rings (SSSR count). The van der Waals surface area contributed by atoms with Crippen LogP contribution in [-0.2, 0) is 4.74 Å². The van der Waals surface area contributed by atoms with Gasteiger partial charge in [-0.05, 0) is 45.6 Å². The molecule has 1 fully saturated rings. The number of hydrogen-bond donors (Lipinski definition) is 2. The summed E-state index contributed by atoms with van der Waals surface area (Å²) < 4.78 is 5.40. The van der Waals surface area contributed by atoms with E-state index in [1.807, 2.05) is 0 Å². The highest BCUT2D eigenvalue weighted by molar-refractivity contribution is 4.82. The van der Waals surface area contributed by atoms with Gasteiger partial charge in [-0.25, -0.2) is 0 Å². The molecule has 0 amide bonds. The van der Waals surface area contributed by atoms with Crippen molar-refractivity contribution in [3.05, 3.63) is 0 Å². The molecule has 0 aromatic rings. The predicted octanol–water partition coefficient (Wildman–Crippen LogP) is 1.13. The van der Waals surface area contributed by atoms with Crippen molar-refractivity contribution in [1.82, 2.24) is 5.32 Å². The van der Waals surface area contributed by atoms with Crippen LogP contribution < -0.4 is 11.1 Å². The third-order valence-electron chi connectivity index (χ3n) is 2.97. The Morgan fingerprint density at radius 1 is 1.50 bits per heavy atom. The SMILES string of the molecule is COC(C)(C)CC(CN)NCC1CC1. The number of nitrogens with two attached hydrogens (primary N) is 1. The van der Waals surface area contributed by atoms with Crippen LogP contribution in [0.3, 0.4) is 0 Å². The van der Waals surface area contributed by atoms with Crippen LogP contribution in [0.1, 0.15) is 33.1 Å². The second kappa shape index (κ2) is 5.10. The van der Waals surface area contributed by atoms with Gasteiger partial charge < -0.3 is 15.8 Å². The first kappa shape index (κ1) is 12.0. The highest BCUT2D eigenvalue weighted by Gasteiger charge is 2.25. The Balaban J connectivity index is 2.21. The molecule has 0 spiro atoms. The minimum Gasteiger partial charge on any atom is -0.379 e. The van der Waals surface area contributed by atoms with Gasteiger partial charge in [0.1, 0.15) is 0 Å². The summed E-state index contributed by atoms with van der Waals surface area (Å²) in [5.41, 5.74) is 5.65. The smallest absolute Gasteiger partial charge is 0.0638 e. The molecule has 1 aliphatic carbocycles.